The van der Waals surface area contributed by atoms with Crippen LogP contribution < -0.4 is 10.9 Å². The van der Waals surface area contributed by atoms with Crippen molar-refractivity contribution < 1.29 is 4.79 Å². The van der Waals surface area contributed by atoms with Crippen LogP contribution in [-0.4, -0.2) is 26.6 Å². The first-order chi connectivity index (χ1) is 11.6. The molecule has 0 fully saturated rings. The van der Waals surface area contributed by atoms with Gasteiger partial charge in [-0.1, -0.05) is 26.0 Å². The molecule has 1 N–H and O–H groups in total. The van der Waals surface area contributed by atoms with Crippen molar-refractivity contribution in [2.45, 2.75) is 39.7 Å². The number of fused-ring (bicyclic) bond motifs is 3. The lowest BCUT2D eigenvalue weighted by atomic mass is 10.2. The van der Waals surface area contributed by atoms with Crippen molar-refractivity contribution in [2.75, 3.05) is 6.54 Å². The van der Waals surface area contributed by atoms with E-state index in [1.54, 1.807) is 0 Å². The lowest BCUT2D eigenvalue weighted by molar-refractivity contribution is -0.124. The van der Waals surface area contributed by atoms with Crippen LogP contribution in [0.4, 0.5) is 0 Å². The average Bonchev–Trinajstić information content (AvgIpc) is 2.89. The Hall–Kier alpha value is -2.63. The standard InChI is InChI=1S/C18H22N4O2/c1-4-10-19-18(24)14(5-2)22-15-9-7-6-8-13(15)17-20-16(23)11-12(3)21(17)22/h6-9,11,14H,4-5,10H2,1-3H3,(H,19,24)/t14-/m0/s1. The summed E-state index contributed by atoms with van der Waals surface area (Å²) in [5.74, 6) is -0.0138. The summed E-state index contributed by atoms with van der Waals surface area (Å²) in [5.41, 5.74) is 2.00. The Bertz CT molecular complexity index is 955. The number of carbonyl (C=O) groups is 1. The molecule has 0 aliphatic heterocycles. The van der Waals surface area contributed by atoms with Crippen molar-refractivity contribution in [1.29, 1.82) is 0 Å². The third-order valence-corrected chi connectivity index (χ3v) is 4.22. The Kier molecular flexibility index (Phi) is 4.38. The molecule has 0 unspecified atom stereocenters. The minimum absolute atomic E-state index is 0.0138. The van der Waals surface area contributed by atoms with Crippen molar-refractivity contribution in [2.24, 2.45) is 0 Å². The Morgan fingerprint density at radius 2 is 2.04 bits per heavy atom. The fourth-order valence-corrected chi connectivity index (χ4v) is 3.15. The van der Waals surface area contributed by atoms with E-state index in [0.717, 1.165) is 23.0 Å². The molecule has 0 aliphatic carbocycles. The van der Waals surface area contributed by atoms with E-state index in [9.17, 15) is 9.59 Å². The quantitative estimate of drug-likeness (QED) is 0.783. The second-order valence-corrected chi connectivity index (χ2v) is 5.95. The lowest BCUT2D eigenvalue weighted by Gasteiger charge is -2.20. The first-order valence-electron chi connectivity index (χ1n) is 8.35. The molecule has 2 aromatic heterocycles. The molecule has 0 aliphatic rings. The second kappa shape index (κ2) is 6.47. The van der Waals surface area contributed by atoms with Crippen molar-refractivity contribution in [3.63, 3.8) is 0 Å². The lowest BCUT2D eigenvalue weighted by Crippen LogP contribution is -2.34. The number of aromatic nitrogens is 3. The topological polar surface area (TPSA) is 68.4 Å². The van der Waals surface area contributed by atoms with E-state index in [2.05, 4.69) is 10.3 Å². The summed E-state index contributed by atoms with van der Waals surface area (Å²) in [4.78, 5) is 28.7. The fraction of sp³-hybridized carbons (Fsp3) is 0.389. The van der Waals surface area contributed by atoms with Gasteiger partial charge in [-0.05, 0) is 31.9 Å². The predicted molar refractivity (Wildman–Crippen MR) is 94.3 cm³/mol. The van der Waals surface area contributed by atoms with E-state index in [1.165, 1.54) is 6.07 Å². The van der Waals surface area contributed by atoms with Crippen LogP contribution in [0.3, 0.4) is 0 Å². The number of hydrogen-bond acceptors (Lipinski definition) is 3. The van der Waals surface area contributed by atoms with Gasteiger partial charge in [-0.3, -0.25) is 14.3 Å². The highest BCUT2D eigenvalue weighted by atomic mass is 16.2. The zero-order chi connectivity index (χ0) is 17.3. The molecule has 2 heterocycles. The smallest absolute Gasteiger partial charge is 0.273 e. The number of hydrogen-bond donors (Lipinski definition) is 1. The maximum absolute atomic E-state index is 12.7. The minimum atomic E-state index is -0.359. The number of amides is 1. The number of nitrogens with one attached hydrogen (secondary N) is 1. The summed E-state index contributed by atoms with van der Waals surface area (Å²) < 4.78 is 3.84. The van der Waals surface area contributed by atoms with Gasteiger partial charge in [-0.15, -0.1) is 0 Å². The molecule has 24 heavy (non-hydrogen) atoms. The Balaban J connectivity index is 2.32. The zero-order valence-corrected chi connectivity index (χ0v) is 14.2. The van der Waals surface area contributed by atoms with E-state index in [4.69, 9.17) is 0 Å². The number of nitrogens with zero attached hydrogens (tertiary/aromatic N) is 3. The largest absolute Gasteiger partial charge is 0.354 e. The van der Waals surface area contributed by atoms with Gasteiger partial charge >= 0.3 is 0 Å². The first kappa shape index (κ1) is 16.2. The number of benzene rings is 1. The molecule has 1 aromatic carbocycles. The van der Waals surface area contributed by atoms with Crippen molar-refractivity contribution in [1.82, 2.24) is 19.5 Å². The maximum atomic E-state index is 12.7. The summed E-state index contributed by atoms with van der Waals surface area (Å²) >= 11 is 0. The van der Waals surface area contributed by atoms with Crippen LogP contribution in [0.25, 0.3) is 16.6 Å². The normalized spacial score (nSPS) is 12.6. The number of carbonyl (C=O) groups excluding carboxylic acids is 1. The predicted octanol–water partition coefficient (Wildman–Crippen LogP) is 2.43. The third kappa shape index (κ3) is 2.58. The highest BCUT2D eigenvalue weighted by Crippen LogP contribution is 2.26. The number of aryl methyl sites for hydroxylation is 1. The van der Waals surface area contributed by atoms with E-state index in [-0.39, 0.29) is 17.5 Å². The molecule has 6 nitrogen and oxygen atoms in total. The molecule has 6 heteroatoms. The van der Waals surface area contributed by atoms with Crippen molar-refractivity contribution >= 4 is 22.5 Å². The number of para-hydroxylation sites is 1. The Morgan fingerprint density at radius 1 is 1.29 bits per heavy atom. The van der Waals surface area contributed by atoms with E-state index >= 15 is 0 Å². The molecule has 3 rings (SSSR count). The summed E-state index contributed by atoms with van der Waals surface area (Å²) in [7, 11) is 0. The molecule has 0 bridgehead atoms. The van der Waals surface area contributed by atoms with Gasteiger partial charge in [0.25, 0.3) is 5.56 Å². The molecular formula is C18H22N4O2. The molecule has 126 valence electrons. The van der Waals surface area contributed by atoms with Crippen LogP contribution in [0.5, 0.6) is 0 Å². The molecule has 0 radical (unpaired) electrons. The molecule has 1 amide bonds. The average molecular weight is 326 g/mol. The van der Waals surface area contributed by atoms with Gasteiger partial charge in [0.15, 0.2) is 5.65 Å². The molecule has 0 saturated heterocycles. The molecule has 0 spiro atoms. The minimum Gasteiger partial charge on any atom is -0.354 e. The van der Waals surface area contributed by atoms with Crippen LogP contribution in [-0.2, 0) is 4.79 Å². The monoisotopic (exact) mass is 326 g/mol. The molecule has 3 aromatic rings. The SMILES string of the molecule is CCCNC(=O)[C@H](CC)n1c2ccccc2c2nc(=O)cc(C)n21. The van der Waals surface area contributed by atoms with Crippen LogP contribution in [0.1, 0.15) is 38.4 Å². The Morgan fingerprint density at radius 3 is 2.75 bits per heavy atom. The Labute approximate surface area is 140 Å². The van der Waals surface area contributed by atoms with Gasteiger partial charge in [0.05, 0.1) is 5.52 Å². The van der Waals surface area contributed by atoms with Gasteiger partial charge in [0.1, 0.15) is 6.04 Å². The highest BCUT2D eigenvalue weighted by molar-refractivity contribution is 5.94. The third-order valence-electron chi connectivity index (χ3n) is 4.22. The maximum Gasteiger partial charge on any atom is 0.273 e. The summed E-state index contributed by atoms with van der Waals surface area (Å²) in [6.07, 6.45) is 1.54. The van der Waals surface area contributed by atoms with Crippen LogP contribution in [0.2, 0.25) is 0 Å². The highest BCUT2D eigenvalue weighted by Gasteiger charge is 2.24. The van der Waals surface area contributed by atoms with Gasteiger partial charge < -0.3 is 5.32 Å². The van der Waals surface area contributed by atoms with E-state index in [0.29, 0.717) is 18.6 Å². The van der Waals surface area contributed by atoms with Crippen molar-refractivity contribution in [3.8, 4) is 0 Å². The van der Waals surface area contributed by atoms with Gasteiger partial charge in [0, 0.05) is 23.7 Å². The van der Waals surface area contributed by atoms with Crippen molar-refractivity contribution in [3.05, 3.63) is 46.4 Å². The van der Waals surface area contributed by atoms with Gasteiger partial charge in [-0.25, -0.2) is 4.52 Å². The molecule has 1 atom stereocenters. The first-order valence-corrected chi connectivity index (χ1v) is 8.35. The van der Waals surface area contributed by atoms with Gasteiger partial charge in [-0.2, -0.15) is 4.98 Å². The number of rotatable bonds is 5. The van der Waals surface area contributed by atoms with E-state index in [1.807, 2.05) is 54.2 Å². The summed E-state index contributed by atoms with van der Waals surface area (Å²) in [5, 5.41) is 3.85. The van der Waals surface area contributed by atoms with Crippen LogP contribution >= 0.6 is 0 Å². The molecule has 0 saturated carbocycles. The summed E-state index contributed by atoms with van der Waals surface area (Å²) in [6.45, 7) is 6.53. The fourth-order valence-electron chi connectivity index (χ4n) is 3.15. The van der Waals surface area contributed by atoms with Crippen LogP contribution in [0, 0.1) is 6.92 Å². The zero-order valence-electron chi connectivity index (χ0n) is 14.2. The van der Waals surface area contributed by atoms with Gasteiger partial charge in [0.2, 0.25) is 5.91 Å². The van der Waals surface area contributed by atoms with E-state index < -0.39 is 0 Å². The second-order valence-electron chi connectivity index (χ2n) is 5.95. The molecular weight excluding hydrogens is 304 g/mol. The summed E-state index contributed by atoms with van der Waals surface area (Å²) in [6, 6.07) is 8.88. The van der Waals surface area contributed by atoms with Crippen LogP contribution in [0.15, 0.2) is 35.1 Å².